The SMILES string of the molecule is N#CC(O)C1CCC(n2cc(-c3ccc(Oc4ccccc4)cc3)c3c(N)ncnc32)CC1. The Morgan fingerprint density at radius 2 is 1.70 bits per heavy atom. The van der Waals surface area contributed by atoms with Gasteiger partial charge in [-0.1, -0.05) is 30.3 Å². The zero-order valence-electron chi connectivity index (χ0n) is 18.1. The number of nitriles is 1. The first-order valence-electron chi connectivity index (χ1n) is 11.2. The first-order valence-corrected chi connectivity index (χ1v) is 11.2. The number of ether oxygens (including phenoxy) is 1. The summed E-state index contributed by atoms with van der Waals surface area (Å²) in [6.45, 7) is 0. The topological polar surface area (TPSA) is 110 Å². The van der Waals surface area contributed by atoms with Crippen LogP contribution in [0.3, 0.4) is 0 Å². The maximum Gasteiger partial charge on any atom is 0.146 e. The Hall–Kier alpha value is -3.89. The van der Waals surface area contributed by atoms with Gasteiger partial charge in [-0.25, -0.2) is 9.97 Å². The molecule has 2 aromatic carbocycles. The highest BCUT2D eigenvalue weighted by molar-refractivity contribution is 6.00. The lowest BCUT2D eigenvalue weighted by Crippen LogP contribution is -2.25. The van der Waals surface area contributed by atoms with Crippen molar-refractivity contribution in [2.75, 3.05) is 5.73 Å². The first kappa shape index (κ1) is 21.0. The van der Waals surface area contributed by atoms with Crippen molar-refractivity contribution >= 4 is 16.9 Å². The number of nitrogens with two attached hydrogens (primary N) is 1. The second-order valence-electron chi connectivity index (χ2n) is 8.49. The first-order chi connectivity index (χ1) is 16.1. The third kappa shape index (κ3) is 4.13. The van der Waals surface area contributed by atoms with Gasteiger partial charge < -0.3 is 20.1 Å². The Kier molecular flexibility index (Phi) is 5.68. The Labute approximate surface area is 192 Å². The molecular formula is C26H25N5O2. The molecule has 0 amide bonds. The lowest BCUT2D eigenvalue weighted by atomic mass is 9.83. The number of nitrogens with zero attached hydrogens (tertiary/aromatic N) is 4. The summed E-state index contributed by atoms with van der Waals surface area (Å²) < 4.78 is 8.11. The molecule has 5 rings (SSSR count). The second-order valence-corrected chi connectivity index (χ2v) is 8.49. The molecule has 0 bridgehead atoms. The van der Waals surface area contributed by atoms with Gasteiger partial charge in [0, 0.05) is 17.8 Å². The lowest BCUT2D eigenvalue weighted by molar-refractivity contribution is 0.118. The highest BCUT2D eigenvalue weighted by Crippen LogP contribution is 2.40. The quantitative estimate of drug-likeness (QED) is 0.419. The molecule has 7 heteroatoms. The summed E-state index contributed by atoms with van der Waals surface area (Å²) in [5, 5.41) is 19.8. The minimum Gasteiger partial charge on any atom is -0.457 e. The van der Waals surface area contributed by atoms with Crippen LogP contribution >= 0.6 is 0 Å². The summed E-state index contributed by atoms with van der Waals surface area (Å²) in [6, 6.07) is 19.8. The summed E-state index contributed by atoms with van der Waals surface area (Å²) in [6.07, 6.45) is 6.08. The average Bonchev–Trinajstić information content (AvgIpc) is 3.26. The molecule has 0 aliphatic heterocycles. The number of hydrogen-bond donors (Lipinski definition) is 2. The number of para-hydroxylation sites is 1. The fourth-order valence-corrected chi connectivity index (χ4v) is 4.73. The molecule has 1 saturated carbocycles. The Bertz CT molecular complexity index is 1290. The van der Waals surface area contributed by atoms with Gasteiger partial charge in [-0.15, -0.1) is 0 Å². The van der Waals surface area contributed by atoms with Crippen molar-refractivity contribution < 1.29 is 9.84 Å². The van der Waals surface area contributed by atoms with Gasteiger partial charge in [0.25, 0.3) is 0 Å². The molecule has 7 nitrogen and oxygen atoms in total. The highest BCUT2D eigenvalue weighted by Gasteiger charge is 2.29. The molecule has 166 valence electrons. The highest BCUT2D eigenvalue weighted by atomic mass is 16.5. The lowest BCUT2D eigenvalue weighted by Gasteiger charge is -2.30. The van der Waals surface area contributed by atoms with Crippen LogP contribution in [-0.2, 0) is 0 Å². The third-order valence-corrected chi connectivity index (χ3v) is 6.50. The molecular weight excluding hydrogens is 414 g/mol. The van der Waals surface area contributed by atoms with Crippen molar-refractivity contribution in [1.82, 2.24) is 14.5 Å². The molecule has 1 aliphatic rings. The van der Waals surface area contributed by atoms with Crippen LogP contribution in [0.4, 0.5) is 5.82 Å². The molecule has 2 aromatic heterocycles. The van der Waals surface area contributed by atoms with E-state index in [1.54, 1.807) is 0 Å². The van der Waals surface area contributed by atoms with Gasteiger partial charge in [0.15, 0.2) is 0 Å². The second kappa shape index (κ2) is 8.93. The molecule has 4 aromatic rings. The van der Waals surface area contributed by atoms with Crippen molar-refractivity contribution in [2.24, 2.45) is 5.92 Å². The number of fused-ring (bicyclic) bond motifs is 1. The number of hydrogen-bond acceptors (Lipinski definition) is 6. The van der Waals surface area contributed by atoms with Crippen LogP contribution in [0.5, 0.6) is 11.5 Å². The van der Waals surface area contributed by atoms with Crippen molar-refractivity contribution in [2.45, 2.75) is 37.8 Å². The van der Waals surface area contributed by atoms with Gasteiger partial charge in [-0.3, -0.25) is 0 Å². The number of nitrogen functional groups attached to an aromatic ring is 1. The minimum absolute atomic E-state index is 0.0319. The van der Waals surface area contributed by atoms with E-state index in [4.69, 9.17) is 15.7 Å². The Morgan fingerprint density at radius 1 is 1.00 bits per heavy atom. The molecule has 3 N–H and O–H groups in total. The van der Waals surface area contributed by atoms with Gasteiger partial charge in [0.05, 0.1) is 11.5 Å². The summed E-state index contributed by atoms with van der Waals surface area (Å²) in [5.74, 6) is 2.03. The van der Waals surface area contributed by atoms with Crippen LogP contribution in [0.25, 0.3) is 22.2 Å². The molecule has 0 saturated heterocycles. The van der Waals surface area contributed by atoms with Crippen LogP contribution in [0.1, 0.15) is 31.7 Å². The van der Waals surface area contributed by atoms with E-state index in [-0.39, 0.29) is 12.0 Å². The van der Waals surface area contributed by atoms with Gasteiger partial charge in [-0.2, -0.15) is 5.26 Å². The van der Waals surface area contributed by atoms with Crippen LogP contribution < -0.4 is 10.5 Å². The maximum absolute atomic E-state index is 9.90. The normalized spacial score (nSPS) is 19.2. The van der Waals surface area contributed by atoms with E-state index in [0.717, 1.165) is 59.3 Å². The molecule has 1 atom stereocenters. The smallest absolute Gasteiger partial charge is 0.146 e. The van der Waals surface area contributed by atoms with Crippen LogP contribution in [-0.4, -0.2) is 25.7 Å². The average molecular weight is 440 g/mol. The summed E-state index contributed by atoms with van der Waals surface area (Å²) in [4.78, 5) is 8.78. The van der Waals surface area contributed by atoms with Crippen molar-refractivity contribution in [3.05, 3.63) is 67.1 Å². The fourth-order valence-electron chi connectivity index (χ4n) is 4.73. The van der Waals surface area contributed by atoms with Crippen LogP contribution in [0.2, 0.25) is 0 Å². The van der Waals surface area contributed by atoms with E-state index in [1.807, 2.05) is 60.7 Å². The van der Waals surface area contributed by atoms with Crippen LogP contribution in [0.15, 0.2) is 67.1 Å². The van der Waals surface area contributed by atoms with Gasteiger partial charge >= 0.3 is 0 Å². The number of rotatable bonds is 5. The number of anilines is 1. The molecule has 2 heterocycles. The molecule has 33 heavy (non-hydrogen) atoms. The minimum atomic E-state index is -0.891. The number of benzene rings is 2. The van der Waals surface area contributed by atoms with E-state index in [9.17, 15) is 5.11 Å². The van der Waals surface area contributed by atoms with E-state index >= 15 is 0 Å². The summed E-state index contributed by atoms with van der Waals surface area (Å²) in [5.41, 5.74) is 9.09. The molecule has 0 radical (unpaired) electrons. The summed E-state index contributed by atoms with van der Waals surface area (Å²) >= 11 is 0. The standard InChI is InChI=1S/C26H25N5O2/c27-14-23(32)18-6-10-19(11-7-18)31-15-22(24-25(28)29-16-30-26(24)31)17-8-12-21(13-9-17)33-20-4-2-1-3-5-20/h1-5,8-9,12-13,15-16,18-19,23,32H,6-7,10-11H2,(H2,28,29,30). The Balaban J connectivity index is 1.45. The number of aromatic nitrogens is 3. The zero-order valence-corrected chi connectivity index (χ0v) is 18.1. The fraction of sp³-hybridized carbons (Fsp3) is 0.269. The van der Waals surface area contributed by atoms with E-state index in [1.165, 1.54) is 6.33 Å². The molecule has 1 aliphatic carbocycles. The van der Waals surface area contributed by atoms with Crippen LogP contribution in [0, 0.1) is 17.2 Å². The van der Waals surface area contributed by atoms with E-state index < -0.39 is 6.10 Å². The monoisotopic (exact) mass is 439 g/mol. The predicted octanol–water partition coefficient (Wildman–Crippen LogP) is 5.09. The number of aliphatic hydroxyl groups is 1. The van der Waals surface area contributed by atoms with Gasteiger partial charge in [-0.05, 0) is 61.4 Å². The zero-order chi connectivity index (χ0) is 22.8. The van der Waals surface area contributed by atoms with Crippen molar-refractivity contribution in [3.8, 4) is 28.7 Å². The predicted molar refractivity (Wildman–Crippen MR) is 127 cm³/mol. The third-order valence-electron chi connectivity index (χ3n) is 6.50. The van der Waals surface area contributed by atoms with E-state index in [0.29, 0.717) is 5.82 Å². The molecule has 0 spiro atoms. The summed E-state index contributed by atoms with van der Waals surface area (Å²) in [7, 11) is 0. The van der Waals surface area contributed by atoms with Crippen molar-refractivity contribution in [3.63, 3.8) is 0 Å². The molecule has 1 fully saturated rings. The van der Waals surface area contributed by atoms with Gasteiger partial charge in [0.1, 0.15) is 35.4 Å². The van der Waals surface area contributed by atoms with Crippen molar-refractivity contribution in [1.29, 1.82) is 5.26 Å². The van der Waals surface area contributed by atoms with E-state index in [2.05, 4.69) is 20.7 Å². The maximum atomic E-state index is 9.90. The Morgan fingerprint density at radius 3 is 2.39 bits per heavy atom. The largest absolute Gasteiger partial charge is 0.457 e. The number of aliphatic hydroxyl groups excluding tert-OH is 1. The van der Waals surface area contributed by atoms with Gasteiger partial charge in [0.2, 0.25) is 0 Å². The molecule has 1 unspecified atom stereocenters.